The number of anilines is 1. The lowest BCUT2D eigenvalue weighted by molar-refractivity contribution is -0.222. The molecule has 0 radical (unpaired) electrons. The molecule has 1 amide bonds. The second-order valence-corrected chi connectivity index (χ2v) is 10.1. The zero-order valence-corrected chi connectivity index (χ0v) is 23.2. The summed E-state index contributed by atoms with van der Waals surface area (Å²) in [6, 6.07) is 9.32. The van der Waals surface area contributed by atoms with Crippen LogP contribution < -0.4 is 15.4 Å². The third kappa shape index (κ3) is 7.50. The minimum Gasteiger partial charge on any atom is -0.493 e. The van der Waals surface area contributed by atoms with Crippen molar-refractivity contribution >= 4 is 35.1 Å². The Bertz CT molecular complexity index is 1280. The van der Waals surface area contributed by atoms with Crippen LogP contribution in [-0.2, 0) is 30.3 Å². The Kier molecular flexibility index (Phi) is 9.28. The van der Waals surface area contributed by atoms with Crippen molar-refractivity contribution in [1.29, 1.82) is 0 Å². The number of cyclic esters (lactones) is 2. The van der Waals surface area contributed by atoms with Gasteiger partial charge in [-0.25, -0.2) is 14.0 Å². The maximum absolute atomic E-state index is 13.2. The molecular formula is C28H31ClFN3O7. The largest absolute Gasteiger partial charge is 0.493 e. The minimum absolute atomic E-state index is 0.155. The number of carbonyl (C=O) groups excluding carboxylic acids is 3. The van der Waals surface area contributed by atoms with Gasteiger partial charge < -0.3 is 29.6 Å². The summed E-state index contributed by atoms with van der Waals surface area (Å²) in [6.45, 7) is 7.68. The lowest BCUT2D eigenvalue weighted by atomic mass is 10.1. The van der Waals surface area contributed by atoms with Gasteiger partial charge in [-0.2, -0.15) is 0 Å². The number of amides is 1. The molecule has 2 fully saturated rings. The highest BCUT2D eigenvalue weighted by Crippen LogP contribution is 2.32. The highest BCUT2D eigenvalue weighted by Gasteiger charge is 2.39. The Labute approximate surface area is 236 Å². The summed E-state index contributed by atoms with van der Waals surface area (Å²) in [5.41, 5.74) is 1.16. The van der Waals surface area contributed by atoms with E-state index in [1.807, 2.05) is 0 Å². The molecule has 2 heterocycles. The number of esters is 2. The molecule has 214 valence electrons. The molecule has 10 nitrogen and oxygen atoms in total. The van der Waals surface area contributed by atoms with E-state index in [0.29, 0.717) is 25.4 Å². The third-order valence-corrected chi connectivity index (χ3v) is 6.45. The van der Waals surface area contributed by atoms with Gasteiger partial charge in [-0.1, -0.05) is 23.7 Å². The molecule has 40 heavy (non-hydrogen) atoms. The van der Waals surface area contributed by atoms with Crippen molar-refractivity contribution < 1.29 is 37.7 Å². The van der Waals surface area contributed by atoms with E-state index in [1.165, 1.54) is 38.1 Å². The second kappa shape index (κ2) is 12.7. The van der Waals surface area contributed by atoms with Crippen LogP contribution in [0.1, 0.15) is 36.7 Å². The molecule has 0 bridgehead atoms. The average Bonchev–Trinajstić information content (AvgIpc) is 2.89. The van der Waals surface area contributed by atoms with Crippen LogP contribution >= 0.6 is 11.6 Å². The van der Waals surface area contributed by atoms with E-state index < -0.39 is 23.6 Å². The highest BCUT2D eigenvalue weighted by molar-refractivity contribution is 6.33. The summed E-state index contributed by atoms with van der Waals surface area (Å²) < 4.78 is 34.9. The predicted octanol–water partition coefficient (Wildman–Crippen LogP) is 3.64. The van der Waals surface area contributed by atoms with Gasteiger partial charge in [-0.05, 0) is 30.7 Å². The lowest BCUT2D eigenvalue weighted by Gasteiger charge is -2.33. The molecule has 2 aromatic rings. The molecule has 1 atom stereocenters. The fourth-order valence-electron chi connectivity index (χ4n) is 4.24. The van der Waals surface area contributed by atoms with Crippen LogP contribution in [0.25, 0.3) is 0 Å². The summed E-state index contributed by atoms with van der Waals surface area (Å²) >= 11 is 6.42. The molecule has 2 aliphatic heterocycles. The van der Waals surface area contributed by atoms with E-state index >= 15 is 0 Å². The number of nitrogens with zero attached hydrogens (tertiary/aromatic N) is 1. The van der Waals surface area contributed by atoms with Gasteiger partial charge in [0.2, 0.25) is 0 Å². The number of carbonyl (C=O) groups is 3. The minimum atomic E-state index is -1.36. The number of ether oxygens (including phenoxy) is 4. The highest BCUT2D eigenvalue weighted by atomic mass is 35.5. The van der Waals surface area contributed by atoms with Crippen LogP contribution in [0, 0.1) is 5.82 Å². The summed E-state index contributed by atoms with van der Waals surface area (Å²) in [7, 11) is 0. The van der Waals surface area contributed by atoms with Crippen molar-refractivity contribution in [3.63, 3.8) is 0 Å². The summed E-state index contributed by atoms with van der Waals surface area (Å²) in [5.74, 6) is -3.47. The maximum atomic E-state index is 13.2. The van der Waals surface area contributed by atoms with Gasteiger partial charge in [0.1, 0.15) is 11.6 Å². The van der Waals surface area contributed by atoms with Crippen LogP contribution in [0.5, 0.6) is 5.75 Å². The second-order valence-electron chi connectivity index (χ2n) is 9.71. The number of nitrogens with one attached hydrogen (secondary N) is 2. The van der Waals surface area contributed by atoms with Gasteiger partial charge >= 0.3 is 11.9 Å². The molecule has 12 heteroatoms. The first-order valence-corrected chi connectivity index (χ1v) is 13.2. The quantitative estimate of drug-likeness (QED) is 0.263. The van der Waals surface area contributed by atoms with Crippen molar-refractivity contribution in [2.75, 3.05) is 38.2 Å². The number of rotatable bonds is 9. The molecule has 2 aliphatic rings. The molecule has 0 aromatic heterocycles. The van der Waals surface area contributed by atoms with Crippen molar-refractivity contribution in [3.8, 4) is 5.75 Å². The molecular weight excluding hydrogens is 545 g/mol. The van der Waals surface area contributed by atoms with E-state index in [2.05, 4.69) is 15.5 Å². The van der Waals surface area contributed by atoms with Gasteiger partial charge in [0, 0.05) is 52.3 Å². The summed E-state index contributed by atoms with van der Waals surface area (Å²) in [5, 5.41) is 5.82. The number of benzene rings is 2. The van der Waals surface area contributed by atoms with E-state index in [4.69, 9.17) is 30.5 Å². The first-order chi connectivity index (χ1) is 19.0. The topological polar surface area (TPSA) is 115 Å². The fraction of sp³-hybridized carbons (Fsp3) is 0.393. The van der Waals surface area contributed by atoms with Gasteiger partial charge in [-0.15, -0.1) is 0 Å². The Morgan fingerprint density at radius 2 is 1.90 bits per heavy atom. The van der Waals surface area contributed by atoms with E-state index in [1.54, 1.807) is 19.1 Å². The third-order valence-electron chi connectivity index (χ3n) is 6.14. The van der Waals surface area contributed by atoms with Crippen LogP contribution in [-0.4, -0.2) is 67.5 Å². The molecule has 2 N–H and O–H groups in total. The van der Waals surface area contributed by atoms with Crippen LogP contribution in [0.3, 0.4) is 0 Å². The molecule has 1 unspecified atom stereocenters. The number of hydrogen-bond donors (Lipinski definition) is 2. The van der Waals surface area contributed by atoms with Gasteiger partial charge in [0.05, 0.1) is 35.6 Å². The van der Waals surface area contributed by atoms with Gasteiger partial charge in [0.15, 0.2) is 5.57 Å². The molecule has 0 saturated carbocycles. The smallest absolute Gasteiger partial charge is 0.350 e. The summed E-state index contributed by atoms with van der Waals surface area (Å²) in [4.78, 5) is 39.7. The Balaban J connectivity index is 1.40. The Hall–Kier alpha value is -3.67. The number of morpholine rings is 1. The van der Waals surface area contributed by atoms with E-state index in [-0.39, 0.29) is 47.0 Å². The number of hydrogen-bond acceptors (Lipinski definition) is 9. The maximum Gasteiger partial charge on any atom is 0.350 e. The van der Waals surface area contributed by atoms with Crippen molar-refractivity contribution in [1.82, 2.24) is 10.2 Å². The van der Waals surface area contributed by atoms with Gasteiger partial charge in [0.25, 0.3) is 11.7 Å². The first-order valence-electron chi connectivity index (χ1n) is 12.8. The molecule has 0 aliphatic carbocycles. The average molecular weight is 576 g/mol. The van der Waals surface area contributed by atoms with E-state index in [0.717, 1.165) is 18.3 Å². The lowest BCUT2D eigenvalue weighted by Crippen LogP contribution is -2.47. The summed E-state index contributed by atoms with van der Waals surface area (Å²) in [6.07, 6.45) is 0.894. The fourth-order valence-corrected chi connectivity index (χ4v) is 4.46. The molecule has 2 aromatic carbocycles. The molecule has 4 rings (SSSR count). The van der Waals surface area contributed by atoms with Crippen molar-refractivity contribution in [3.05, 3.63) is 70.1 Å². The normalized spacial score (nSPS) is 18.9. The van der Waals surface area contributed by atoms with Gasteiger partial charge in [-0.3, -0.25) is 9.69 Å². The van der Waals surface area contributed by atoms with Crippen molar-refractivity contribution in [2.45, 2.75) is 39.2 Å². The Morgan fingerprint density at radius 1 is 1.20 bits per heavy atom. The molecule has 0 spiro atoms. The van der Waals surface area contributed by atoms with Crippen LogP contribution in [0.2, 0.25) is 5.02 Å². The SMILES string of the molecule is CCOc1cc(NC=C2C(=O)OC(C)(C)OC2=O)c(Cl)cc1C(=O)NCC1CN(Cc2ccc(F)cc2)CCO1. The predicted molar refractivity (Wildman–Crippen MR) is 144 cm³/mol. The van der Waals surface area contributed by atoms with E-state index in [9.17, 15) is 18.8 Å². The van der Waals surface area contributed by atoms with Crippen LogP contribution in [0.15, 0.2) is 48.2 Å². The van der Waals surface area contributed by atoms with Crippen LogP contribution in [0.4, 0.5) is 10.1 Å². The standard InChI is InChI=1S/C28H31ClFN3O7/c1-4-37-24-12-23(31-14-21-26(35)39-28(2,3)40-27(21)36)22(29)11-20(24)25(34)32-13-19-16-33(9-10-38-19)15-17-5-7-18(30)8-6-17/h5-8,11-12,14,19,31H,4,9-10,13,15-16H2,1-3H3,(H,32,34). The Morgan fingerprint density at radius 3 is 2.58 bits per heavy atom. The first kappa shape index (κ1) is 29.3. The zero-order valence-electron chi connectivity index (χ0n) is 22.4. The zero-order chi connectivity index (χ0) is 28.9. The van der Waals surface area contributed by atoms with Crippen molar-refractivity contribution in [2.24, 2.45) is 0 Å². The number of halogens is 2. The molecule has 2 saturated heterocycles. The monoisotopic (exact) mass is 575 g/mol.